The van der Waals surface area contributed by atoms with E-state index < -0.39 is 13.0 Å². The molecule has 0 spiro atoms. The quantitative estimate of drug-likeness (QED) is 0.610. The molecule has 1 unspecified atom stereocenters. The van der Waals surface area contributed by atoms with Gasteiger partial charge in [-0.25, -0.2) is 13.8 Å². The Morgan fingerprint density at radius 3 is 2.81 bits per heavy atom. The molecule has 0 fully saturated rings. The topological polar surface area (TPSA) is 93.7 Å². The molecule has 166 valence electrons. The number of pyridine rings is 2. The van der Waals surface area contributed by atoms with Crippen LogP contribution in [0.5, 0.6) is 5.88 Å². The summed E-state index contributed by atoms with van der Waals surface area (Å²) < 4.78 is 34.7. The van der Waals surface area contributed by atoms with Crippen LogP contribution in [0.4, 0.5) is 8.78 Å². The number of carbonyl (C=O) groups is 2. The lowest BCUT2D eigenvalue weighted by Gasteiger charge is -2.25. The number of hydrogen-bond donors (Lipinski definition) is 1. The largest absolute Gasteiger partial charge is 0.471 e. The summed E-state index contributed by atoms with van der Waals surface area (Å²) in [7, 11) is 1.54. The maximum Gasteiger partial charge on any atom is 0.272 e. The van der Waals surface area contributed by atoms with E-state index in [0.29, 0.717) is 29.8 Å². The Balaban J connectivity index is 1.78. The van der Waals surface area contributed by atoms with Crippen LogP contribution in [-0.2, 0) is 11.3 Å². The number of methoxy groups -OCH3 is 1. The zero-order valence-corrected chi connectivity index (χ0v) is 17.5. The summed E-state index contributed by atoms with van der Waals surface area (Å²) in [4.78, 5) is 35.4. The summed E-state index contributed by atoms with van der Waals surface area (Å²) in [5, 5.41) is 2.72. The molecule has 0 radical (unpaired) electrons. The van der Waals surface area contributed by atoms with Gasteiger partial charge in [-0.05, 0) is 31.5 Å². The van der Waals surface area contributed by atoms with Crippen molar-refractivity contribution in [3.63, 3.8) is 0 Å². The van der Waals surface area contributed by atoms with Crippen LogP contribution in [0.25, 0.3) is 0 Å². The van der Waals surface area contributed by atoms with E-state index in [0.717, 1.165) is 5.56 Å². The van der Waals surface area contributed by atoms with Gasteiger partial charge in [-0.2, -0.15) is 0 Å². The molecule has 0 aliphatic carbocycles. The van der Waals surface area contributed by atoms with Gasteiger partial charge in [0.2, 0.25) is 5.88 Å². The van der Waals surface area contributed by atoms with Crippen molar-refractivity contribution < 1.29 is 27.8 Å². The highest BCUT2D eigenvalue weighted by atomic mass is 19.3. The highest BCUT2D eigenvalue weighted by Crippen LogP contribution is 2.33. The molecular weight excluding hydrogens is 410 g/mol. The summed E-state index contributed by atoms with van der Waals surface area (Å²) in [5.74, 6) is -0.452. The number of aromatic nitrogens is 2. The lowest BCUT2D eigenvalue weighted by atomic mass is 10.1. The number of fused-ring (bicyclic) bond motifs is 1. The molecule has 1 aliphatic heterocycles. The van der Waals surface area contributed by atoms with Crippen LogP contribution < -0.4 is 10.1 Å². The third kappa shape index (κ3) is 4.96. The average Bonchev–Trinajstić information content (AvgIpc) is 3.09. The summed E-state index contributed by atoms with van der Waals surface area (Å²) in [6.45, 7) is 3.73. The van der Waals surface area contributed by atoms with Crippen LogP contribution in [0.3, 0.4) is 0 Å². The van der Waals surface area contributed by atoms with E-state index in [1.54, 1.807) is 24.0 Å². The van der Waals surface area contributed by atoms with Crippen LogP contribution in [0.1, 0.15) is 50.5 Å². The van der Waals surface area contributed by atoms with Crippen molar-refractivity contribution in [3.05, 3.63) is 52.5 Å². The molecule has 0 saturated carbocycles. The number of carbonyl (C=O) groups excluding carboxylic acids is 2. The van der Waals surface area contributed by atoms with E-state index in [1.165, 1.54) is 19.5 Å². The number of amides is 2. The second-order valence-electron chi connectivity index (χ2n) is 7.14. The van der Waals surface area contributed by atoms with E-state index in [9.17, 15) is 18.4 Å². The predicted octanol–water partition coefficient (Wildman–Crippen LogP) is 2.52. The van der Waals surface area contributed by atoms with Crippen molar-refractivity contribution in [2.75, 3.05) is 26.9 Å². The third-order valence-corrected chi connectivity index (χ3v) is 5.03. The van der Waals surface area contributed by atoms with Crippen molar-refractivity contribution >= 4 is 11.8 Å². The summed E-state index contributed by atoms with van der Waals surface area (Å²) >= 11 is 0. The number of halogens is 2. The number of ether oxygens (including phenoxy) is 2. The number of nitrogens with one attached hydrogen (secondary N) is 1. The Morgan fingerprint density at radius 1 is 1.35 bits per heavy atom. The van der Waals surface area contributed by atoms with Crippen LogP contribution in [-0.4, -0.2) is 60.0 Å². The highest BCUT2D eigenvalue weighted by Gasteiger charge is 2.35. The minimum Gasteiger partial charge on any atom is -0.471 e. The minimum atomic E-state index is -2.59. The van der Waals surface area contributed by atoms with E-state index >= 15 is 0 Å². The van der Waals surface area contributed by atoms with Gasteiger partial charge in [0.15, 0.2) is 6.61 Å². The fourth-order valence-corrected chi connectivity index (χ4v) is 3.39. The van der Waals surface area contributed by atoms with Gasteiger partial charge < -0.3 is 19.7 Å². The Labute approximate surface area is 178 Å². The first kappa shape index (κ1) is 22.5. The van der Waals surface area contributed by atoms with Gasteiger partial charge in [-0.3, -0.25) is 14.6 Å². The molecule has 8 nitrogen and oxygen atoms in total. The first-order chi connectivity index (χ1) is 14.8. The average molecular weight is 434 g/mol. The zero-order chi connectivity index (χ0) is 22.5. The monoisotopic (exact) mass is 434 g/mol. The van der Waals surface area contributed by atoms with Crippen LogP contribution >= 0.6 is 0 Å². The zero-order valence-electron chi connectivity index (χ0n) is 17.5. The number of nitrogens with zero attached hydrogens (tertiary/aromatic N) is 3. The van der Waals surface area contributed by atoms with Gasteiger partial charge in [0.25, 0.3) is 18.2 Å². The van der Waals surface area contributed by atoms with Crippen LogP contribution in [0, 0.1) is 6.92 Å². The van der Waals surface area contributed by atoms with Crippen molar-refractivity contribution in [2.45, 2.75) is 32.9 Å². The van der Waals surface area contributed by atoms with E-state index in [2.05, 4.69) is 15.3 Å². The summed E-state index contributed by atoms with van der Waals surface area (Å²) in [6.07, 6.45) is 0.359. The molecule has 0 aromatic carbocycles. The predicted molar refractivity (Wildman–Crippen MR) is 107 cm³/mol. The van der Waals surface area contributed by atoms with E-state index in [1.807, 2.05) is 6.92 Å². The number of hydrogen-bond acceptors (Lipinski definition) is 6. The highest BCUT2D eigenvalue weighted by molar-refractivity contribution is 6.03. The second kappa shape index (κ2) is 9.78. The van der Waals surface area contributed by atoms with Crippen molar-refractivity contribution in [1.29, 1.82) is 0 Å². The van der Waals surface area contributed by atoms with Crippen LogP contribution in [0.2, 0.25) is 0 Å². The Hall–Kier alpha value is -3.14. The van der Waals surface area contributed by atoms with Gasteiger partial charge in [0, 0.05) is 49.3 Å². The molecule has 3 rings (SSSR count). The SMILES string of the molecule is COCCNC(=O)c1nccc2c1CN(C(C)c1cnc(OCC(F)F)c(C)c1)C2=O. The summed E-state index contributed by atoms with van der Waals surface area (Å²) in [5.41, 5.74) is 2.52. The molecular formula is C21H24F2N4O4. The molecule has 2 amide bonds. The number of alkyl halides is 2. The van der Waals surface area contributed by atoms with Gasteiger partial charge in [0.1, 0.15) is 5.69 Å². The molecule has 2 aromatic heterocycles. The lowest BCUT2D eigenvalue weighted by Crippen LogP contribution is -2.29. The van der Waals surface area contributed by atoms with E-state index in [4.69, 9.17) is 9.47 Å². The fraction of sp³-hybridized carbons (Fsp3) is 0.429. The fourth-order valence-electron chi connectivity index (χ4n) is 3.39. The first-order valence-electron chi connectivity index (χ1n) is 9.77. The molecule has 10 heteroatoms. The van der Waals surface area contributed by atoms with E-state index in [-0.39, 0.29) is 36.0 Å². The summed E-state index contributed by atoms with van der Waals surface area (Å²) in [6, 6.07) is 2.99. The van der Waals surface area contributed by atoms with Gasteiger partial charge in [0.05, 0.1) is 12.6 Å². The number of rotatable bonds is 9. The molecule has 31 heavy (non-hydrogen) atoms. The van der Waals surface area contributed by atoms with Crippen molar-refractivity contribution in [3.8, 4) is 5.88 Å². The van der Waals surface area contributed by atoms with Crippen molar-refractivity contribution in [1.82, 2.24) is 20.2 Å². The van der Waals surface area contributed by atoms with Gasteiger partial charge in [-0.15, -0.1) is 0 Å². The number of aryl methyl sites for hydroxylation is 1. The van der Waals surface area contributed by atoms with Gasteiger partial charge in [-0.1, -0.05) is 0 Å². The Morgan fingerprint density at radius 2 is 2.13 bits per heavy atom. The standard InChI is InChI=1S/C21H24F2N4O4/c1-12-8-14(9-26-20(12)31-11-17(22)23)13(2)27-10-16-15(21(27)29)4-5-24-18(16)19(28)25-6-7-30-3/h4-5,8-9,13,17H,6-7,10-11H2,1-3H3,(H,25,28). The van der Waals surface area contributed by atoms with Gasteiger partial charge >= 0.3 is 0 Å². The molecule has 2 aromatic rings. The smallest absolute Gasteiger partial charge is 0.272 e. The Bertz CT molecular complexity index is 970. The molecule has 0 saturated heterocycles. The maximum absolute atomic E-state index is 13.0. The molecule has 3 heterocycles. The first-order valence-corrected chi connectivity index (χ1v) is 9.77. The minimum absolute atomic E-state index is 0.131. The maximum atomic E-state index is 13.0. The molecule has 1 N–H and O–H groups in total. The second-order valence-corrected chi connectivity index (χ2v) is 7.14. The Kier molecular flexibility index (Phi) is 7.11. The van der Waals surface area contributed by atoms with Crippen LogP contribution in [0.15, 0.2) is 24.5 Å². The molecule has 1 aliphatic rings. The van der Waals surface area contributed by atoms with Crippen molar-refractivity contribution in [2.24, 2.45) is 0 Å². The normalized spacial score (nSPS) is 14.0. The third-order valence-electron chi connectivity index (χ3n) is 5.03. The molecule has 0 bridgehead atoms. The molecule has 1 atom stereocenters. The lowest BCUT2D eigenvalue weighted by molar-refractivity contribution is 0.0712.